The van der Waals surface area contributed by atoms with E-state index in [-0.39, 0.29) is 17.6 Å². The predicted molar refractivity (Wildman–Crippen MR) is 81.6 cm³/mol. The van der Waals surface area contributed by atoms with Crippen molar-refractivity contribution in [2.45, 2.75) is 46.1 Å². The summed E-state index contributed by atoms with van der Waals surface area (Å²) in [5.74, 6) is -1.08. The molecule has 0 heterocycles. The van der Waals surface area contributed by atoms with E-state index < -0.39 is 10.9 Å². The van der Waals surface area contributed by atoms with Crippen LogP contribution in [0.4, 0.5) is 11.4 Å². The van der Waals surface area contributed by atoms with E-state index >= 15 is 0 Å². The molecule has 1 rings (SSSR count). The molecule has 0 spiro atoms. The number of rotatable bonds is 8. The van der Waals surface area contributed by atoms with Gasteiger partial charge in [-0.2, -0.15) is 0 Å². The standard InChI is InChI=1S/C15H22N2O4/c1-10(15(18)19)5-4-6-12(3)16-13-7-8-14(17(20)21)11(2)9-13/h7-10,12,16H,4-6H2,1-3H3,(H,18,19). The van der Waals surface area contributed by atoms with Crippen molar-refractivity contribution in [1.82, 2.24) is 0 Å². The highest BCUT2D eigenvalue weighted by atomic mass is 16.6. The fourth-order valence-corrected chi connectivity index (χ4v) is 2.16. The summed E-state index contributed by atoms with van der Waals surface area (Å²) in [4.78, 5) is 21.1. The number of nitro benzene ring substituents is 1. The third-order valence-corrected chi connectivity index (χ3v) is 3.50. The number of nitrogens with one attached hydrogen (secondary N) is 1. The molecule has 0 radical (unpaired) electrons. The largest absolute Gasteiger partial charge is 0.481 e. The molecular formula is C15H22N2O4. The molecule has 0 amide bonds. The van der Waals surface area contributed by atoms with E-state index in [0.29, 0.717) is 12.0 Å². The Morgan fingerprint density at radius 1 is 1.38 bits per heavy atom. The first-order valence-corrected chi connectivity index (χ1v) is 7.05. The second kappa shape index (κ2) is 7.61. The van der Waals surface area contributed by atoms with Crippen molar-refractivity contribution in [3.63, 3.8) is 0 Å². The first kappa shape index (κ1) is 16.9. The summed E-state index contributed by atoms with van der Waals surface area (Å²) in [5.41, 5.74) is 1.58. The molecule has 0 aliphatic carbocycles. The summed E-state index contributed by atoms with van der Waals surface area (Å²) in [6.07, 6.45) is 2.34. The first-order valence-electron chi connectivity index (χ1n) is 7.05. The minimum absolute atomic E-state index is 0.114. The van der Waals surface area contributed by atoms with E-state index in [0.717, 1.165) is 18.5 Å². The molecule has 0 saturated carbocycles. The normalized spacial score (nSPS) is 13.5. The number of hydrogen-bond donors (Lipinski definition) is 2. The molecule has 21 heavy (non-hydrogen) atoms. The number of aliphatic carboxylic acids is 1. The van der Waals surface area contributed by atoms with Gasteiger partial charge in [0.1, 0.15) is 0 Å². The average molecular weight is 294 g/mol. The Morgan fingerprint density at radius 2 is 2.05 bits per heavy atom. The Hall–Kier alpha value is -2.11. The summed E-state index contributed by atoms with van der Waals surface area (Å²) in [6.45, 7) is 5.44. The zero-order chi connectivity index (χ0) is 16.0. The van der Waals surface area contributed by atoms with Crippen LogP contribution in [0.2, 0.25) is 0 Å². The molecule has 2 N–H and O–H groups in total. The Morgan fingerprint density at radius 3 is 2.57 bits per heavy atom. The average Bonchev–Trinajstić information content (AvgIpc) is 2.37. The number of aryl methyl sites for hydroxylation is 1. The van der Waals surface area contributed by atoms with E-state index in [9.17, 15) is 14.9 Å². The van der Waals surface area contributed by atoms with Crippen LogP contribution < -0.4 is 5.32 Å². The first-order chi connectivity index (χ1) is 9.81. The highest BCUT2D eigenvalue weighted by Gasteiger charge is 2.13. The van der Waals surface area contributed by atoms with Gasteiger partial charge in [-0.15, -0.1) is 0 Å². The Bertz CT molecular complexity index is 516. The molecule has 0 bridgehead atoms. The lowest BCUT2D eigenvalue weighted by molar-refractivity contribution is -0.385. The highest BCUT2D eigenvalue weighted by Crippen LogP contribution is 2.22. The molecule has 0 saturated heterocycles. The molecule has 1 aromatic rings. The number of nitrogens with zero attached hydrogens (tertiary/aromatic N) is 1. The number of hydrogen-bond acceptors (Lipinski definition) is 4. The van der Waals surface area contributed by atoms with Crippen LogP contribution in [0, 0.1) is 23.0 Å². The molecule has 2 unspecified atom stereocenters. The summed E-state index contributed by atoms with van der Waals surface area (Å²) in [7, 11) is 0. The lowest BCUT2D eigenvalue weighted by Gasteiger charge is -2.16. The quantitative estimate of drug-likeness (QED) is 0.564. The fourth-order valence-electron chi connectivity index (χ4n) is 2.16. The van der Waals surface area contributed by atoms with E-state index in [1.807, 2.05) is 6.92 Å². The van der Waals surface area contributed by atoms with Crippen LogP contribution in [0.15, 0.2) is 18.2 Å². The summed E-state index contributed by atoms with van der Waals surface area (Å²) < 4.78 is 0. The van der Waals surface area contributed by atoms with Gasteiger partial charge in [-0.3, -0.25) is 14.9 Å². The molecular weight excluding hydrogens is 272 g/mol. The number of nitro groups is 1. The molecule has 0 aromatic heterocycles. The zero-order valence-corrected chi connectivity index (χ0v) is 12.6. The van der Waals surface area contributed by atoms with Gasteiger partial charge in [-0.25, -0.2) is 0 Å². The fraction of sp³-hybridized carbons (Fsp3) is 0.533. The van der Waals surface area contributed by atoms with Gasteiger partial charge in [0.15, 0.2) is 0 Å². The Labute approximate surface area is 124 Å². The van der Waals surface area contributed by atoms with E-state index in [1.54, 1.807) is 26.0 Å². The van der Waals surface area contributed by atoms with Crippen LogP contribution in [0.5, 0.6) is 0 Å². The van der Waals surface area contributed by atoms with Gasteiger partial charge >= 0.3 is 5.97 Å². The monoisotopic (exact) mass is 294 g/mol. The molecule has 2 atom stereocenters. The van der Waals surface area contributed by atoms with Gasteiger partial charge < -0.3 is 10.4 Å². The number of anilines is 1. The minimum atomic E-state index is -0.762. The molecule has 0 fully saturated rings. The lowest BCUT2D eigenvalue weighted by Crippen LogP contribution is -2.16. The van der Waals surface area contributed by atoms with Crippen LogP contribution in [-0.4, -0.2) is 22.0 Å². The molecule has 6 heteroatoms. The van der Waals surface area contributed by atoms with Crippen LogP contribution in [0.25, 0.3) is 0 Å². The maximum absolute atomic E-state index is 10.8. The van der Waals surface area contributed by atoms with Crippen molar-refractivity contribution in [2.24, 2.45) is 5.92 Å². The van der Waals surface area contributed by atoms with Crippen LogP contribution in [0.3, 0.4) is 0 Å². The van der Waals surface area contributed by atoms with Gasteiger partial charge in [0.2, 0.25) is 0 Å². The molecule has 1 aromatic carbocycles. The van der Waals surface area contributed by atoms with Crippen molar-refractivity contribution < 1.29 is 14.8 Å². The second-order valence-corrected chi connectivity index (χ2v) is 5.47. The van der Waals surface area contributed by atoms with Crippen molar-refractivity contribution in [3.05, 3.63) is 33.9 Å². The van der Waals surface area contributed by atoms with Crippen LogP contribution in [-0.2, 0) is 4.79 Å². The SMILES string of the molecule is Cc1cc(NC(C)CCCC(C)C(=O)O)ccc1[N+](=O)[O-]. The van der Waals surface area contributed by atoms with E-state index in [1.165, 1.54) is 6.07 Å². The van der Waals surface area contributed by atoms with Crippen LogP contribution >= 0.6 is 0 Å². The second-order valence-electron chi connectivity index (χ2n) is 5.47. The Kier molecular flexibility index (Phi) is 6.14. The summed E-state index contributed by atoms with van der Waals surface area (Å²) in [5, 5.41) is 22.8. The summed E-state index contributed by atoms with van der Waals surface area (Å²) in [6, 6.07) is 5.14. The predicted octanol–water partition coefficient (Wildman–Crippen LogP) is 3.59. The topological polar surface area (TPSA) is 92.5 Å². The van der Waals surface area contributed by atoms with E-state index in [2.05, 4.69) is 5.32 Å². The molecule has 0 aliphatic heterocycles. The number of carbonyl (C=O) groups is 1. The zero-order valence-electron chi connectivity index (χ0n) is 12.6. The highest BCUT2D eigenvalue weighted by molar-refractivity contribution is 5.69. The Balaban J connectivity index is 2.48. The van der Waals surface area contributed by atoms with Crippen molar-refractivity contribution >= 4 is 17.3 Å². The van der Waals surface area contributed by atoms with Gasteiger partial charge in [-0.05, 0) is 38.8 Å². The van der Waals surface area contributed by atoms with E-state index in [4.69, 9.17) is 5.11 Å². The lowest BCUT2D eigenvalue weighted by atomic mass is 10.0. The van der Waals surface area contributed by atoms with Gasteiger partial charge in [0.25, 0.3) is 5.69 Å². The van der Waals surface area contributed by atoms with Gasteiger partial charge in [0.05, 0.1) is 10.8 Å². The number of benzene rings is 1. The van der Waals surface area contributed by atoms with Crippen molar-refractivity contribution in [2.75, 3.05) is 5.32 Å². The maximum atomic E-state index is 10.8. The molecule has 6 nitrogen and oxygen atoms in total. The molecule has 116 valence electrons. The van der Waals surface area contributed by atoms with Gasteiger partial charge in [-0.1, -0.05) is 13.3 Å². The van der Waals surface area contributed by atoms with Crippen molar-refractivity contribution in [3.8, 4) is 0 Å². The third-order valence-electron chi connectivity index (χ3n) is 3.50. The minimum Gasteiger partial charge on any atom is -0.481 e. The van der Waals surface area contributed by atoms with Crippen LogP contribution in [0.1, 0.15) is 38.7 Å². The number of carboxylic acids is 1. The van der Waals surface area contributed by atoms with Crippen molar-refractivity contribution in [1.29, 1.82) is 0 Å². The smallest absolute Gasteiger partial charge is 0.306 e. The summed E-state index contributed by atoms with van der Waals surface area (Å²) >= 11 is 0. The molecule has 0 aliphatic rings. The third kappa shape index (κ3) is 5.41. The van der Waals surface area contributed by atoms with Gasteiger partial charge in [0, 0.05) is 23.4 Å². The number of carboxylic acid groups (broad SMARTS) is 1. The maximum Gasteiger partial charge on any atom is 0.306 e.